The number of carbonyl (C=O) groups is 1. The molecule has 0 saturated carbocycles. The second-order valence-corrected chi connectivity index (χ2v) is 6.53. The Kier molecular flexibility index (Phi) is 5.84. The number of hydrogen-bond donors (Lipinski definition) is 0. The lowest BCUT2D eigenvalue weighted by atomic mass is 10.1. The summed E-state index contributed by atoms with van der Waals surface area (Å²) in [6.45, 7) is 0. The van der Waals surface area contributed by atoms with E-state index < -0.39 is 18.0 Å². The zero-order valence-electron chi connectivity index (χ0n) is 16.3. The van der Waals surface area contributed by atoms with Gasteiger partial charge in [0.05, 0.1) is 5.56 Å². The smallest absolute Gasteiger partial charge is 0.417 e. The van der Waals surface area contributed by atoms with Gasteiger partial charge in [-0.15, -0.1) is 0 Å². The summed E-state index contributed by atoms with van der Waals surface area (Å²) in [5.74, 6) is 0.371. The van der Waals surface area contributed by atoms with Crippen molar-refractivity contribution >= 4 is 5.78 Å². The van der Waals surface area contributed by atoms with Gasteiger partial charge in [-0.3, -0.25) is 4.79 Å². The molecule has 0 aliphatic heterocycles. The molecule has 2 heterocycles. The average Bonchev–Trinajstić information content (AvgIpc) is 3.33. The summed E-state index contributed by atoms with van der Waals surface area (Å²) in [7, 11) is 0. The summed E-state index contributed by atoms with van der Waals surface area (Å²) in [5.41, 5.74) is -0.419. The minimum absolute atomic E-state index is 0.00594. The van der Waals surface area contributed by atoms with E-state index in [-0.39, 0.29) is 11.7 Å². The molecule has 0 N–H and O–H groups in total. The monoisotopic (exact) mass is 440 g/mol. The van der Waals surface area contributed by atoms with E-state index in [9.17, 15) is 18.0 Å². The van der Waals surface area contributed by atoms with Crippen LogP contribution in [-0.2, 0) is 6.18 Å². The molecule has 32 heavy (non-hydrogen) atoms. The maximum Gasteiger partial charge on any atom is 0.417 e. The SMILES string of the molecule is O=C(c1ccccc1)C(Oc1ccc(Oc2ccc(C(F)(F)F)cn2)cc1)n1cncn1. The normalized spacial score (nSPS) is 12.2. The van der Waals surface area contributed by atoms with Crippen LogP contribution in [0, 0.1) is 0 Å². The molecule has 162 valence electrons. The zero-order valence-corrected chi connectivity index (χ0v) is 16.3. The van der Waals surface area contributed by atoms with Crippen LogP contribution >= 0.6 is 0 Å². The van der Waals surface area contributed by atoms with E-state index in [0.29, 0.717) is 23.3 Å². The number of alkyl halides is 3. The van der Waals surface area contributed by atoms with Crippen molar-refractivity contribution in [3.05, 3.63) is 96.7 Å². The first kappa shape index (κ1) is 21.0. The number of hydrogen-bond acceptors (Lipinski definition) is 6. The number of Topliss-reactive ketones (excluding diaryl/α,β-unsaturated/α-hetero) is 1. The zero-order chi connectivity index (χ0) is 22.6. The number of nitrogens with zero attached hydrogens (tertiary/aromatic N) is 4. The number of aromatic nitrogens is 4. The standard InChI is InChI=1S/C22H15F3N4O3/c23-22(24,25)16-6-11-19(27-12-16)31-17-7-9-18(10-8-17)32-21(29-14-26-13-28-29)20(30)15-4-2-1-3-5-15/h1-14,21H. The quantitative estimate of drug-likeness (QED) is 0.379. The van der Waals surface area contributed by atoms with E-state index in [1.807, 2.05) is 0 Å². The largest absolute Gasteiger partial charge is 0.461 e. The molecule has 0 radical (unpaired) electrons. The molecule has 0 bridgehead atoms. The summed E-state index contributed by atoms with van der Waals surface area (Å²) < 4.78 is 50.5. The lowest BCUT2D eigenvalue weighted by Gasteiger charge is -2.18. The van der Waals surface area contributed by atoms with Crippen molar-refractivity contribution in [2.24, 2.45) is 0 Å². The Hall–Kier alpha value is -4.21. The van der Waals surface area contributed by atoms with Gasteiger partial charge in [0.15, 0.2) is 0 Å². The minimum Gasteiger partial charge on any atom is -0.461 e. The van der Waals surface area contributed by atoms with Crippen LogP contribution in [0.2, 0.25) is 0 Å². The number of ether oxygens (including phenoxy) is 2. The van der Waals surface area contributed by atoms with Crippen molar-refractivity contribution in [1.29, 1.82) is 0 Å². The highest BCUT2D eigenvalue weighted by atomic mass is 19.4. The van der Waals surface area contributed by atoms with Crippen LogP contribution in [0.3, 0.4) is 0 Å². The molecule has 1 atom stereocenters. The Balaban J connectivity index is 1.48. The van der Waals surface area contributed by atoms with Crippen molar-refractivity contribution in [2.45, 2.75) is 12.4 Å². The molecule has 0 spiro atoms. The first-order chi connectivity index (χ1) is 15.4. The lowest BCUT2D eigenvalue weighted by Crippen LogP contribution is -2.25. The molecule has 4 aromatic rings. The minimum atomic E-state index is -4.47. The molecule has 1 unspecified atom stereocenters. The number of ketones is 1. The fourth-order valence-electron chi connectivity index (χ4n) is 2.76. The number of benzene rings is 2. The van der Waals surface area contributed by atoms with E-state index in [4.69, 9.17) is 9.47 Å². The van der Waals surface area contributed by atoms with Gasteiger partial charge in [-0.25, -0.2) is 14.6 Å². The van der Waals surface area contributed by atoms with Gasteiger partial charge in [-0.05, 0) is 30.3 Å². The first-order valence-corrected chi connectivity index (χ1v) is 9.31. The van der Waals surface area contributed by atoms with Crippen LogP contribution in [0.25, 0.3) is 0 Å². The van der Waals surface area contributed by atoms with Gasteiger partial charge in [0.25, 0.3) is 6.23 Å². The third-order valence-electron chi connectivity index (χ3n) is 4.32. The highest BCUT2D eigenvalue weighted by Gasteiger charge is 2.30. The highest BCUT2D eigenvalue weighted by Crippen LogP contribution is 2.30. The van der Waals surface area contributed by atoms with Gasteiger partial charge >= 0.3 is 6.18 Å². The number of rotatable bonds is 7. The van der Waals surface area contributed by atoms with Crippen LogP contribution in [-0.4, -0.2) is 25.5 Å². The Morgan fingerprint density at radius 2 is 1.66 bits per heavy atom. The predicted molar refractivity (Wildman–Crippen MR) is 106 cm³/mol. The molecule has 0 aliphatic rings. The Bertz CT molecular complexity index is 1160. The van der Waals surface area contributed by atoms with Crippen molar-refractivity contribution < 1.29 is 27.4 Å². The van der Waals surface area contributed by atoms with Crippen molar-refractivity contribution in [2.75, 3.05) is 0 Å². The lowest BCUT2D eigenvalue weighted by molar-refractivity contribution is -0.137. The van der Waals surface area contributed by atoms with E-state index in [1.54, 1.807) is 54.6 Å². The molecule has 0 saturated heterocycles. The molecular formula is C22H15F3N4O3. The predicted octanol–water partition coefficient (Wildman–Crippen LogP) is 4.94. The fourth-order valence-corrected chi connectivity index (χ4v) is 2.76. The number of halogens is 3. The van der Waals surface area contributed by atoms with Crippen LogP contribution < -0.4 is 9.47 Å². The Morgan fingerprint density at radius 1 is 0.938 bits per heavy atom. The highest BCUT2D eigenvalue weighted by molar-refractivity contribution is 5.98. The summed E-state index contributed by atoms with van der Waals surface area (Å²) in [6, 6.07) is 16.8. The van der Waals surface area contributed by atoms with E-state index in [1.165, 1.54) is 17.3 Å². The van der Waals surface area contributed by atoms with Crippen LogP contribution in [0.1, 0.15) is 22.1 Å². The van der Waals surface area contributed by atoms with E-state index >= 15 is 0 Å². The summed E-state index contributed by atoms with van der Waals surface area (Å²) in [6.07, 6.45) is -2.18. The molecule has 4 rings (SSSR count). The summed E-state index contributed by atoms with van der Waals surface area (Å²) >= 11 is 0. The number of carbonyl (C=O) groups excluding carboxylic acids is 1. The van der Waals surface area contributed by atoms with Crippen LogP contribution in [0.5, 0.6) is 17.4 Å². The Labute approximate surface area is 180 Å². The second kappa shape index (κ2) is 8.88. The van der Waals surface area contributed by atoms with Gasteiger partial charge in [-0.1, -0.05) is 30.3 Å². The molecule has 0 amide bonds. The third-order valence-corrected chi connectivity index (χ3v) is 4.32. The maximum absolute atomic E-state index is 12.9. The molecule has 2 aromatic carbocycles. The Morgan fingerprint density at radius 3 is 2.25 bits per heavy atom. The molecule has 10 heteroatoms. The fraction of sp³-hybridized carbons (Fsp3) is 0.0909. The average molecular weight is 440 g/mol. The molecule has 0 aliphatic carbocycles. The number of pyridine rings is 1. The first-order valence-electron chi connectivity index (χ1n) is 9.31. The molecule has 7 nitrogen and oxygen atoms in total. The van der Waals surface area contributed by atoms with E-state index in [2.05, 4.69) is 15.1 Å². The van der Waals surface area contributed by atoms with Crippen LogP contribution in [0.4, 0.5) is 13.2 Å². The topological polar surface area (TPSA) is 79.1 Å². The van der Waals surface area contributed by atoms with Gasteiger partial charge in [0.1, 0.15) is 24.2 Å². The van der Waals surface area contributed by atoms with Crippen LogP contribution in [0.15, 0.2) is 85.6 Å². The van der Waals surface area contributed by atoms with Gasteiger partial charge < -0.3 is 9.47 Å². The van der Waals surface area contributed by atoms with Crippen molar-refractivity contribution in [3.63, 3.8) is 0 Å². The summed E-state index contributed by atoms with van der Waals surface area (Å²) in [5, 5.41) is 4.00. The third kappa shape index (κ3) is 4.91. The second-order valence-electron chi connectivity index (χ2n) is 6.53. The van der Waals surface area contributed by atoms with Crippen molar-refractivity contribution in [3.8, 4) is 17.4 Å². The van der Waals surface area contributed by atoms with Crippen molar-refractivity contribution in [1.82, 2.24) is 19.7 Å². The molecule has 0 fully saturated rings. The summed E-state index contributed by atoms with van der Waals surface area (Å²) in [4.78, 5) is 20.5. The van der Waals surface area contributed by atoms with Gasteiger partial charge in [0.2, 0.25) is 11.7 Å². The maximum atomic E-state index is 12.9. The van der Waals surface area contributed by atoms with Gasteiger partial charge in [-0.2, -0.15) is 18.3 Å². The van der Waals surface area contributed by atoms with Gasteiger partial charge in [0, 0.05) is 17.8 Å². The molecule has 2 aromatic heterocycles. The molecular weight excluding hydrogens is 425 g/mol. The van der Waals surface area contributed by atoms with E-state index in [0.717, 1.165) is 12.1 Å².